The van der Waals surface area contributed by atoms with Gasteiger partial charge in [0.1, 0.15) is 5.75 Å². The second kappa shape index (κ2) is 9.08. The summed E-state index contributed by atoms with van der Waals surface area (Å²) in [5.74, 6) is 0.593. The third-order valence-corrected chi connectivity index (χ3v) is 4.81. The van der Waals surface area contributed by atoms with E-state index in [0.717, 1.165) is 45.8 Å². The molecular weight excluding hydrogens is 392 g/mol. The minimum atomic E-state index is -0.587. The minimum absolute atomic E-state index is 0.165. The summed E-state index contributed by atoms with van der Waals surface area (Å²) < 4.78 is 6.93. The number of halogens is 1. The molecule has 0 fully saturated rings. The molecule has 5 heteroatoms. The van der Waals surface area contributed by atoms with Crippen molar-refractivity contribution in [3.63, 3.8) is 0 Å². The third-order valence-electron chi connectivity index (χ3n) is 4.35. The standard InChI is InChI=1S/C21H27BrN2O2/c1-6-24(7-2)19-10-8-18(9-11-19)23-21(25)16(5)26-20-14(3)12-17(22)13-15(20)4/h8-13,16H,6-7H2,1-5H3,(H,23,25). The maximum atomic E-state index is 12.5. The highest BCUT2D eigenvalue weighted by Crippen LogP contribution is 2.28. The monoisotopic (exact) mass is 418 g/mol. The molecule has 0 aliphatic heterocycles. The molecule has 0 saturated heterocycles. The van der Waals surface area contributed by atoms with Crippen molar-refractivity contribution in [1.82, 2.24) is 0 Å². The van der Waals surface area contributed by atoms with Crippen molar-refractivity contribution in [1.29, 1.82) is 0 Å². The number of nitrogens with one attached hydrogen (secondary N) is 1. The predicted molar refractivity (Wildman–Crippen MR) is 112 cm³/mol. The van der Waals surface area contributed by atoms with E-state index >= 15 is 0 Å². The Balaban J connectivity index is 2.03. The summed E-state index contributed by atoms with van der Waals surface area (Å²) in [7, 11) is 0. The molecule has 1 atom stereocenters. The Kier molecular flexibility index (Phi) is 7.09. The van der Waals surface area contributed by atoms with Crippen LogP contribution in [0.3, 0.4) is 0 Å². The molecule has 0 aliphatic rings. The molecule has 1 N–H and O–H groups in total. The van der Waals surface area contributed by atoms with Gasteiger partial charge in [-0.05, 0) is 82.1 Å². The summed E-state index contributed by atoms with van der Waals surface area (Å²) in [5, 5.41) is 2.92. The summed E-state index contributed by atoms with van der Waals surface area (Å²) >= 11 is 3.47. The maximum Gasteiger partial charge on any atom is 0.265 e. The molecule has 2 aromatic rings. The van der Waals surface area contributed by atoms with Gasteiger partial charge in [0.05, 0.1) is 0 Å². The van der Waals surface area contributed by atoms with Gasteiger partial charge in [-0.25, -0.2) is 0 Å². The molecule has 4 nitrogen and oxygen atoms in total. The molecule has 2 aromatic carbocycles. The zero-order chi connectivity index (χ0) is 19.3. The summed E-state index contributed by atoms with van der Waals surface area (Å²) in [6, 6.07) is 11.9. The molecule has 0 bridgehead atoms. The Morgan fingerprint density at radius 1 is 1.12 bits per heavy atom. The maximum absolute atomic E-state index is 12.5. The van der Waals surface area contributed by atoms with E-state index in [1.165, 1.54) is 0 Å². The van der Waals surface area contributed by atoms with E-state index in [9.17, 15) is 4.79 Å². The second-order valence-electron chi connectivity index (χ2n) is 6.34. The van der Waals surface area contributed by atoms with E-state index in [4.69, 9.17) is 4.74 Å². The fraction of sp³-hybridized carbons (Fsp3) is 0.381. The van der Waals surface area contributed by atoms with E-state index in [1.807, 2.05) is 50.2 Å². The van der Waals surface area contributed by atoms with Crippen LogP contribution in [0.15, 0.2) is 40.9 Å². The quantitative estimate of drug-likeness (QED) is 0.661. The molecule has 0 saturated carbocycles. The van der Waals surface area contributed by atoms with Crippen molar-refractivity contribution >= 4 is 33.2 Å². The fourth-order valence-corrected chi connectivity index (χ4v) is 3.59. The molecule has 0 spiro atoms. The van der Waals surface area contributed by atoms with Crippen LogP contribution in [-0.2, 0) is 4.79 Å². The van der Waals surface area contributed by atoms with Crippen LogP contribution in [0.2, 0.25) is 0 Å². The zero-order valence-electron chi connectivity index (χ0n) is 16.1. The first-order chi connectivity index (χ1) is 12.3. The number of carbonyl (C=O) groups is 1. The largest absolute Gasteiger partial charge is 0.480 e. The van der Waals surface area contributed by atoms with Crippen LogP contribution in [0.4, 0.5) is 11.4 Å². The number of benzene rings is 2. The topological polar surface area (TPSA) is 41.6 Å². The normalized spacial score (nSPS) is 11.8. The molecule has 2 rings (SSSR count). The van der Waals surface area contributed by atoms with E-state index < -0.39 is 6.10 Å². The van der Waals surface area contributed by atoms with Gasteiger partial charge in [-0.1, -0.05) is 15.9 Å². The van der Waals surface area contributed by atoms with Crippen molar-refractivity contribution in [2.45, 2.75) is 40.7 Å². The van der Waals surface area contributed by atoms with Crippen LogP contribution < -0.4 is 15.0 Å². The van der Waals surface area contributed by atoms with Gasteiger partial charge >= 0.3 is 0 Å². The average Bonchev–Trinajstić information content (AvgIpc) is 2.60. The van der Waals surface area contributed by atoms with Crippen molar-refractivity contribution in [3.8, 4) is 5.75 Å². The lowest BCUT2D eigenvalue weighted by atomic mass is 10.1. The fourth-order valence-electron chi connectivity index (χ4n) is 2.90. The first-order valence-corrected chi connectivity index (χ1v) is 9.74. The number of anilines is 2. The summed E-state index contributed by atoms with van der Waals surface area (Å²) in [5.41, 5.74) is 3.92. The summed E-state index contributed by atoms with van der Waals surface area (Å²) in [6.45, 7) is 11.9. The van der Waals surface area contributed by atoms with Crippen LogP contribution in [0.1, 0.15) is 31.9 Å². The number of aryl methyl sites for hydroxylation is 2. The van der Waals surface area contributed by atoms with Crippen LogP contribution in [0.25, 0.3) is 0 Å². The van der Waals surface area contributed by atoms with Crippen LogP contribution in [0.5, 0.6) is 5.75 Å². The van der Waals surface area contributed by atoms with E-state index in [2.05, 4.69) is 40.0 Å². The van der Waals surface area contributed by atoms with E-state index in [0.29, 0.717) is 0 Å². The average molecular weight is 419 g/mol. The molecule has 0 heterocycles. The molecule has 0 aliphatic carbocycles. The van der Waals surface area contributed by atoms with Crippen molar-refractivity contribution in [3.05, 3.63) is 52.0 Å². The number of ether oxygens (including phenoxy) is 1. The summed E-state index contributed by atoms with van der Waals surface area (Å²) in [4.78, 5) is 14.7. The van der Waals surface area contributed by atoms with Gasteiger partial charge in [-0.15, -0.1) is 0 Å². The molecule has 0 aromatic heterocycles. The highest BCUT2D eigenvalue weighted by atomic mass is 79.9. The van der Waals surface area contributed by atoms with E-state index in [1.54, 1.807) is 6.92 Å². The smallest absolute Gasteiger partial charge is 0.265 e. The Morgan fingerprint density at radius 3 is 2.15 bits per heavy atom. The van der Waals surface area contributed by atoms with Gasteiger partial charge in [0.2, 0.25) is 0 Å². The first-order valence-electron chi connectivity index (χ1n) is 8.95. The number of carbonyl (C=O) groups excluding carboxylic acids is 1. The van der Waals surface area contributed by atoms with Gasteiger partial charge in [0.15, 0.2) is 6.10 Å². The molecule has 1 unspecified atom stereocenters. The molecule has 1 amide bonds. The van der Waals surface area contributed by atoms with Crippen molar-refractivity contribution in [2.24, 2.45) is 0 Å². The number of hydrogen-bond donors (Lipinski definition) is 1. The Labute approximate surface area is 164 Å². The highest BCUT2D eigenvalue weighted by Gasteiger charge is 2.17. The number of rotatable bonds is 7. The Bertz CT molecular complexity index is 732. The van der Waals surface area contributed by atoms with Gasteiger partial charge in [-0.3, -0.25) is 4.79 Å². The highest BCUT2D eigenvalue weighted by molar-refractivity contribution is 9.10. The lowest BCUT2D eigenvalue weighted by Gasteiger charge is -2.21. The molecule has 0 radical (unpaired) electrons. The van der Waals surface area contributed by atoms with Gasteiger partial charge in [-0.2, -0.15) is 0 Å². The number of amides is 1. The Morgan fingerprint density at radius 2 is 1.65 bits per heavy atom. The number of hydrogen-bond acceptors (Lipinski definition) is 3. The van der Waals surface area contributed by atoms with Crippen LogP contribution in [-0.4, -0.2) is 25.1 Å². The first kappa shape index (κ1) is 20.3. The van der Waals surface area contributed by atoms with Crippen molar-refractivity contribution < 1.29 is 9.53 Å². The third kappa shape index (κ3) is 5.01. The second-order valence-corrected chi connectivity index (χ2v) is 7.25. The molecule has 26 heavy (non-hydrogen) atoms. The zero-order valence-corrected chi connectivity index (χ0v) is 17.7. The Hall–Kier alpha value is -2.01. The van der Waals surface area contributed by atoms with E-state index in [-0.39, 0.29) is 5.91 Å². The molecular formula is C21H27BrN2O2. The lowest BCUT2D eigenvalue weighted by Crippen LogP contribution is -2.30. The van der Waals surface area contributed by atoms with Gasteiger partial charge in [0.25, 0.3) is 5.91 Å². The number of nitrogens with zero attached hydrogens (tertiary/aromatic N) is 1. The molecule has 140 valence electrons. The summed E-state index contributed by atoms with van der Waals surface area (Å²) in [6.07, 6.45) is -0.587. The van der Waals surface area contributed by atoms with Gasteiger partial charge in [0, 0.05) is 28.9 Å². The lowest BCUT2D eigenvalue weighted by molar-refractivity contribution is -0.122. The van der Waals surface area contributed by atoms with Gasteiger partial charge < -0.3 is 15.0 Å². The van der Waals surface area contributed by atoms with Crippen LogP contribution >= 0.6 is 15.9 Å². The minimum Gasteiger partial charge on any atom is -0.480 e. The predicted octanol–water partition coefficient (Wildman–Crippen LogP) is 5.32. The van der Waals surface area contributed by atoms with Crippen molar-refractivity contribution in [2.75, 3.05) is 23.3 Å². The SMILES string of the molecule is CCN(CC)c1ccc(NC(=O)C(C)Oc2c(C)cc(Br)cc2C)cc1. The van der Waals surface area contributed by atoms with Crippen LogP contribution in [0, 0.1) is 13.8 Å².